The molecule has 3 N–H and O–H groups in total. The van der Waals surface area contributed by atoms with Crippen molar-refractivity contribution in [2.45, 2.75) is 53.1 Å². The number of hydrogen-bond donors (Lipinski definition) is 3. The van der Waals surface area contributed by atoms with Gasteiger partial charge in [-0.15, -0.1) is 0 Å². The molecule has 4 rings (SSSR count). The maximum Gasteiger partial charge on any atom is 0.133 e. The smallest absolute Gasteiger partial charge is 0.133 e. The number of rotatable bonds is 1. The number of piperidine rings is 2. The van der Waals surface area contributed by atoms with E-state index in [9.17, 15) is 0 Å². The van der Waals surface area contributed by atoms with Crippen LogP contribution in [0, 0.1) is 11.8 Å². The predicted octanol–water partition coefficient (Wildman–Crippen LogP) is 3.84. The summed E-state index contributed by atoms with van der Waals surface area (Å²) in [4.78, 5) is 10.4. The van der Waals surface area contributed by atoms with Crippen molar-refractivity contribution in [1.29, 1.82) is 0 Å². The van der Waals surface area contributed by atoms with Crippen LogP contribution in [0.2, 0.25) is 0 Å². The van der Waals surface area contributed by atoms with Crippen LogP contribution in [0.1, 0.15) is 58.7 Å². The Labute approximate surface area is 147 Å². The molecule has 1 unspecified atom stereocenters. The van der Waals surface area contributed by atoms with Crippen LogP contribution in [0.4, 0.5) is 5.82 Å². The van der Waals surface area contributed by atoms with E-state index in [1.165, 1.54) is 51.0 Å². The van der Waals surface area contributed by atoms with E-state index in [-0.39, 0.29) is 6.17 Å². The number of fused-ring (bicyclic) bond motifs is 2. The van der Waals surface area contributed by atoms with Crippen molar-refractivity contribution in [3.8, 4) is 0 Å². The molecule has 2 fully saturated rings. The Kier molecular flexibility index (Phi) is 7.79. The number of hydrogen-bond acceptors (Lipinski definition) is 4. The summed E-state index contributed by atoms with van der Waals surface area (Å²) in [7, 11) is 0. The van der Waals surface area contributed by atoms with Gasteiger partial charge in [0.25, 0.3) is 0 Å². The topological polar surface area (TPSA) is 55.5 Å². The number of H-pyrrole nitrogens is 1. The highest BCUT2D eigenvalue weighted by molar-refractivity contribution is 5.78. The lowest BCUT2D eigenvalue weighted by Gasteiger charge is -2.43. The van der Waals surface area contributed by atoms with Gasteiger partial charge in [0.15, 0.2) is 0 Å². The van der Waals surface area contributed by atoms with Crippen molar-refractivity contribution < 1.29 is 0 Å². The Morgan fingerprint density at radius 2 is 2.00 bits per heavy atom. The number of aliphatic imine (C=N–C) groups is 1. The Morgan fingerprint density at radius 3 is 2.79 bits per heavy atom. The Bertz CT molecular complexity index is 496. The van der Waals surface area contributed by atoms with Crippen LogP contribution in [0.25, 0.3) is 0 Å². The van der Waals surface area contributed by atoms with Crippen LogP contribution in [-0.4, -0.2) is 42.4 Å². The van der Waals surface area contributed by atoms with Crippen LogP contribution in [0.3, 0.4) is 0 Å². The molecule has 3 aliphatic heterocycles. The van der Waals surface area contributed by atoms with E-state index < -0.39 is 0 Å². The van der Waals surface area contributed by atoms with Crippen molar-refractivity contribution in [3.63, 3.8) is 0 Å². The van der Waals surface area contributed by atoms with Gasteiger partial charge in [0.1, 0.15) is 12.0 Å². The molecule has 1 aromatic rings. The zero-order chi connectivity index (χ0) is 17.4. The van der Waals surface area contributed by atoms with Crippen LogP contribution in [0.15, 0.2) is 17.3 Å². The summed E-state index contributed by atoms with van der Waals surface area (Å²) >= 11 is 0. The van der Waals surface area contributed by atoms with Crippen molar-refractivity contribution in [3.05, 3.63) is 17.8 Å². The lowest BCUT2D eigenvalue weighted by molar-refractivity contribution is 0.0664. The maximum atomic E-state index is 4.65. The molecule has 5 nitrogen and oxygen atoms in total. The lowest BCUT2D eigenvalue weighted by Crippen LogP contribution is -2.49. The number of nitrogens with one attached hydrogen (secondary N) is 3. The van der Waals surface area contributed by atoms with Crippen molar-refractivity contribution in [1.82, 2.24) is 15.2 Å². The average Bonchev–Trinajstić information content (AvgIpc) is 3.12. The molecule has 0 aliphatic carbocycles. The summed E-state index contributed by atoms with van der Waals surface area (Å²) in [6.07, 6.45) is 7.95. The monoisotopic (exact) mass is 333 g/mol. The number of nitrogens with zero attached hydrogens (tertiary/aromatic N) is 2. The molecule has 3 atom stereocenters. The minimum absolute atomic E-state index is 0.199. The number of anilines is 1. The highest BCUT2D eigenvalue weighted by Gasteiger charge is 2.35. The molecule has 0 aromatic carbocycles. The average molecular weight is 334 g/mol. The Balaban J connectivity index is 0.000000378. The van der Waals surface area contributed by atoms with E-state index in [2.05, 4.69) is 45.4 Å². The summed E-state index contributed by atoms with van der Waals surface area (Å²) in [5.41, 5.74) is 1.28. The summed E-state index contributed by atoms with van der Waals surface area (Å²) < 4.78 is 0. The fraction of sp³-hybridized carbons (Fsp3) is 0.737. The second-order valence-corrected chi connectivity index (χ2v) is 6.61. The van der Waals surface area contributed by atoms with Crippen LogP contribution in [0.5, 0.6) is 0 Å². The molecule has 0 amide bonds. The molecule has 0 bridgehead atoms. The molecule has 24 heavy (non-hydrogen) atoms. The van der Waals surface area contributed by atoms with Crippen molar-refractivity contribution >= 4 is 12.2 Å². The molecule has 4 heterocycles. The van der Waals surface area contributed by atoms with Crippen LogP contribution < -0.4 is 10.6 Å². The van der Waals surface area contributed by atoms with Gasteiger partial charge in [-0.3, -0.25) is 9.89 Å². The minimum atomic E-state index is 0.199. The van der Waals surface area contributed by atoms with E-state index in [0.717, 1.165) is 17.7 Å². The zero-order valence-corrected chi connectivity index (χ0v) is 15.8. The van der Waals surface area contributed by atoms with Gasteiger partial charge in [-0.1, -0.05) is 34.1 Å². The standard InChI is InChI=1S/C14H21N5.C3H8.C2H6/c1-4-15-7-11-8-19(6-3-10(1)11)14-12-2-5-16-13(12)17-9-18-14;1-3-2;1-2/h2,5,9-11,14-16H,1,3-4,6-8H2,(H,17,18);3H2,1-2H3;1-2H3/t10-,11+,14?;;/m0../s1. The van der Waals surface area contributed by atoms with Crippen LogP contribution >= 0.6 is 0 Å². The molecule has 136 valence electrons. The lowest BCUT2D eigenvalue weighted by atomic mass is 9.80. The molecule has 0 spiro atoms. The third-order valence-electron chi connectivity index (χ3n) is 4.85. The van der Waals surface area contributed by atoms with Gasteiger partial charge in [-0.2, -0.15) is 0 Å². The second-order valence-electron chi connectivity index (χ2n) is 6.61. The van der Waals surface area contributed by atoms with Gasteiger partial charge < -0.3 is 15.6 Å². The Morgan fingerprint density at radius 1 is 1.21 bits per heavy atom. The van der Waals surface area contributed by atoms with Gasteiger partial charge in [0.2, 0.25) is 0 Å². The quantitative estimate of drug-likeness (QED) is 0.732. The molecule has 3 aliphatic rings. The first kappa shape index (κ1) is 19.0. The normalized spacial score (nSPS) is 28.2. The first-order valence-electron chi connectivity index (χ1n) is 9.73. The van der Waals surface area contributed by atoms with E-state index in [1.807, 2.05) is 26.4 Å². The van der Waals surface area contributed by atoms with Crippen LogP contribution in [-0.2, 0) is 0 Å². The molecular formula is C19H35N5. The van der Waals surface area contributed by atoms with E-state index in [1.54, 1.807) is 0 Å². The summed E-state index contributed by atoms with van der Waals surface area (Å²) in [6, 6.07) is 2.15. The van der Waals surface area contributed by atoms with Gasteiger partial charge in [0, 0.05) is 24.8 Å². The van der Waals surface area contributed by atoms with E-state index in [0.29, 0.717) is 0 Å². The number of aromatic amines is 1. The first-order valence-corrected chi connectivity index (χ1v) is 9.73. The van der Waals surface area contributed by atoms with Gasteiger partial charge in [0.05, 0.1) is 6.34 Å². The maximum absolute atomic E-state index is 4.65. The fourth-order valence-corrected chi connectivity index (χ4v) is 3.78. The van der Waals surface area contributed by atoms with Crippen molar-refractivity contribution in [2.24, 2.45) is 16.8 Å². The summed E-state index contributed by atoms with van der Waals surface area (Å²) in [6.45, 7) is 13.0. The van der Waals surface area contributed by atoms with Gasteiger partial charge in [-0.05, 0) is 43.8 Å². The van der Waals surface area contributed by atoms with E-state index >= 15 is 0 Å². The molecule has 5 heteroatoms. The van der Waals surface area contributed by atoms with Gasteiger partial charge >= 0.3 is 0 Å². The Hall–Kier alpha value is -1.33. The van der Waals surface area contributed by atoms with E-state index in [4.69, 9.17) is 0 Å². The van der Waals surface area contributed by atoms with Gasteiger partial charge in [-0.25, -0.2) is 0 Å². The largest absolute Gasteiger partial charge is 0.348 e. The summed E-state index contributed by atoms with van der Waals surface area (Å²) in [5, 5.41) is 6.72. The number of likely N-dealkylation sites (tertiary alicyclic amines) is 1. The first-order chi connectivity index (χ1) is 11.8. The molecule has 2 saturated heterocycles. The number of aromatic nitrogens is 1. The van der Waals surface area contributed by atoms with Crippen molar-refractivity contribution in [2.75, 3.05) is 31.5 Å². The highest BCUT2D eigenvalue weighted by atomic mass is 15.3. The SMILES string of the molecule is C1=NC(N2CC[C@@H]3CCNC[C@@H]3C2)c2cc[nH]c2N1.CC.CCC. The second kappa shape index (κ2) is 9.84. The molecule has 1 aromatic heterocycles. The molecule has 0 radical (unpaired) electrons. The molecule has 0 saturated carbocycles. The fourth-order valence-electron chi connectivity index (χ4n) is 3.78. The third kappa shape index (κ3) is 4.39. The third-order valence-corrected chi connectivity index (χ3v) is 4.85. The zero-order valence-electron chi connectivity index (χ0n) is 15.8. The predicted molar refractivity (Wildman–Crippen MR) is 104 cm³/mol. The minimum Gasteiger partial charge on any atom is -0.348 e. The highest BCUT2D eigenvalue weighted by Crippen LogP contribution is 2.36. The molecular weight excluding hydrogens is 298 g/mol. The summed E-state index contributed by atoms with van der Waals surface area (Å²) in [5.74, 6) is 2.83.